The molecule has 118 valence electrons. The molecule has 2 nitrogen and oxygen atoms in total. The third-order valence-electron chi connectivity index (χ3n) is 8.18. The highest BCUT2D eigenvalue weighted by Gasteiger charge is 2.58. The Balaban J connectivity index is 1.63. The lowest BCUT2D eigenvalue weighted by Gasteiger charge is -2.60. The maximum atomic E-state index is 10.3. The van der Waals surface area contributed by atoms with Gasteiger partial charge in [-0.25, -0.2) is 0 Å². The quantitative estimate of drug-likeness (QED) is 0.692. The van der Waals surface area contributed by atoms with Crippen molar-refractivity contribution in [2.75, 3.05) is 0 Å². The topological polar surface area (TPSA) is 40.5 Å². The van der Waals surface area contributed by atoms with E-state index < -0.39 is 0 Å². The molecule has 4 rings (SSSR count). The van der Waals surface area contributed by atoms with Crippen LogP contribution in [0.25, 0.3) is 0 Å². The smallest absolute Gasteiger partial charge is 0.0944 e. The maximum Gasteiger partial charge on any atom is 0.0944 e. The molecule has 3 saturated carbocycles. The Kier molecular flexibility index (Phi) is 3.03. The second kappa shape index (κ2) is 4.50. The van der Waals surface area contributed by atoms with Crippen LogP contribution in [0.15, 0.2) is 11.8 Å². The van der Waals surface area contributed by atoms with Gasteiger partial charge in [-0.3, -0.25) is 0 Å². The van der Waals surface area contributed by atoms with E-state index in [-0.39, 0.29) is 11.5 Å². The van der Waals surface area contributed by atoms with E-state index in [1.807, 2.05) is 0 Å². The maximum absolute atomic E-state index is 10.3. The minimum Gasteiger partial charge on any atom is -0.512 e. The zero-order valence-corrected chi connectivity index (χ0v) is 13.5. The highest BCUT2D eigenvalue weighted by Crippen LogP contribution is 2.65. The first kappa shape index (κ1) is 14.1. The van der Waals surface area contributed by atoms with Gasteiger partial charge in [0.1, 0.15) is 0 Å². The molecule has 0 heterocycles. The average Bonchev–Trinajstić information content (AvgIpc) is 2.76. The van der Waals surface area contributed by atoms with Crippen LogP contribution in [0, 0.1) is 34.5 Å². The minimum absolute atomic E-state index is 0.0503. The van der Waals surface area contributed by atoms with E-state index in [4.69, 9.17) is 0 Å². The second-order valence-electron chi connectivity index (χ2n) is 8.87. The Bertz CT molecular complexity index is 470. The first-order chi connectivity index (χ1) is 9.95. The van der Waals surface area contributed by atoms with Gasteiger partial charge in [-0.2, -0.15) is 0 Å². The SMILES string of the molecule is C[C@]12CC[C@@H](O)CC1CC[C@@H]1[C@@H]2CC[C@]2(C)C(O)=CC[C@@H]12. The molecule has 0 aromatic heterocycles. The van der Waals surface area contributed by atoms with E-state index in [2.05, 4.69) is 19.9 Å². The van der Waals surface area contributed by atoms with Gasteiger partial charge in [0.25, 0.3) is 0 Å². The van der Waals surface area contributed by atoms with Crippen LogP contribution in [-0.4, -0.2) is 16.3 Å². The minimum atomic E-state index is -0.0503. The molecule has 1 unspecified atom stereocenters. The molecule has 2 N–H and O–H groups in total. The van der Waals surface area contributed by atoms with Gasteiger partial charge in [-0.05, 0) is 86.5 Å². The summed E-state index contributed by atoms with van der Waals surface area (Å²) in [7, 11) is 0. The molecule has 7 atom stereocenters. The van der Waals surface area contributed by atoms with Gasteiger partial charge in [-0.15, -0.1) is 0 Å². The van der Waals surface area contributed by atoms with Crippen molar-refractivity contribution >= 4 is 0 Å². The molecular formula is C19H30O2. The van der Waals surface area contributed by atoms with E-state index in [1.54, 1.807) is 0 Å². The lowest BCUT2D eigenvalue weighted by molar-refractivity contribution is -0.121. The van der Waals surface area contributed by atoms with Gasteiger partial charge < -0.3 is 10.2 Å². The number of aliphatic hydroxyl groups excluding tert-OH is 2. The molecular weight excluding hydrogens is 260 g/mol. The van der Waals surface area contributed by atoms with Crippen LogP contribution in [0.1, 0.15) is 65.2 Å². The Labute approximate surface area is 128 Å². The summed E-state index contributed by atoms with van der Waals surface area (Å²) in [6, 6.07) is 0. The van der Waals surface area contributed by atoms with Crippen molar-refractivity contribution in [1.29, 1.82) is 0 Å². The number of hydrogen-bond acceptors (Lipinski definition) is 2. The molecule has 0 spiro atoms. The molecule has 0 amide bonds. The van der Waals surface area contributed by atoms with Gasteiger partial charge in [0.15, 0.2) is 0 Å². The Morgan fingerprint density at radius 2 is 1.86 bits per heavy atom. The van der Waals surface area contributed by atoms with Gasteiger partial charge in [0, 0.05) is 5.41 Å². The third-order valence-corrected chi connectivity index (χ3v) is 8.18. The summed E-state index contributed by atoms with van der Waals surface area (Å²) in [6.45, 7) is 4.82. The number of rotatable bonds is 0. The first-order valence-corrected chi connectivity index (χ1v) is 9.03. The van der Waals surface area contributed by atoms with E-state index in [9.17, 15) is 10.2 Å². The summed E-state index contributed by atoms with van der Waals surface area (Å²) in [5, 5.41) is 20.4. The molecule has 4 aliphatic rings. The molecule has 0 radical (unpaired) electrons. The van der Waals surface area contributed by atoms with Gasteiger partial charge in [-0.1, -0.05) is 13.8 Å². The Morgan fingerprint density at radius 1 is 1.05 bits per heavy atom. The standard InChI is InChI=1S/C19H30O2/c1-18-9-7-13(20)11-12(18)3-4-14-15-5-6-17(21)19(15,2)10-8-16(14)18/h6,12-16,20-21H,3-5,7-11H2,1-2H3/t12?,13-,14+,15+,16+,18+,19+/m1/s1. The fourth-order valence-corrected chi connectivity index (χ4v) is 6.78. The summed E-state index contributed by atoms with van der Waals surface area (Å²) in [5.41, 5.74) is 0.514. The van der Waals surface area contributed by atoms with Crippen LogP contribution < -0.4 is 0 Å². The van der Waals surface area contributed by atoms with Crippen molar-refractivity contribution in [2.24, 2.45) is 34.5 Å². The second-order valence-corrected chi connectivity index (χ2v) is 8.87. The van der Waals surface area contributed by atoms with Gasteiger partial charge >= 0.3 is 0 Å². The fraction of sp³-hybridized carbons (Fsp3) is 0.895. The molecule has 0 aromatic rings. The van der Waals surface area contributed by atoms with Crippen molar-refractivity contribution < 1.29 is 10.2 Å². The predicted molar refractivity (Wildman–Crippen MR) is 83.8 cm³/mol. The molecule has 2 heteroatoms. The average molecular weight is 290 g/mol. The van der Waals surface area contributed by atoms with Crippen LogP contribution in [0.4, 0.5) is 0 Å². The summed E-state index contributed by atoms with van der Waals surface area (Å²) >= 11 is 0. The molecule has 0 bridgehead atoms. The van der Waals surface area contributed by atoms with E-state index in [1.165, 1.54) is 25.7 Å². The van der Waals surface area contributed by atoms with Gasteiger partial charge in [0.2, 0.25) is 0 Å². The normalized spacial score (nSPS) is 56.1. The zero-order chi connectivity index (χ0) is 14.8. The third kappa shape index (κ3) is 1.81. The largest absolute Gasteiger partial charge is 0.512 e. The van der Waals surface area contributed by atoms with Crippen LogP contribution in [-0.2, 0) is 0 Å². The highest BCUT2D eigenvalue weighted by atomic mass is 16.3. The summed E-state index contributed by atoms with van der Waals surface area (Å²) < 4.78 is 0. The van der Waals surface area contributed by atoms with Crippen molar-refractivity contribution in [1.82, 2.24) is 0 Å². The summed E-state index contributed by atoms with van der Waals surface area (Å²) in [6.07, 6.45) is 11.4. The lowest BCUT2D eigenvalue weighted by Crippen LogP contribution is -2.53. The van der Waals surface area contributed by atoms with E-state index in [0.717, 1.165) is 43.4 Å². The van der Waals surface area contributed by atoms with Crippen LogP contribution in [0.5, 0.6) is 0 Å². The molecule has 4 aliphatic carbocycles. The fourth-order valence-electron chi connectivity index (χ4n) is 6.78. The number of hydrogen-bond donors (Lipinski definition) is 2. The predicted octanol–water partition coefficient (Wildman–Crippen LogP) is 4.44. The molecule has 3 fully saturated rings. The van der Waals surface area contributed by atoms with Gasteiger partial charge in [0.05, 0.1) is 11.9 Å². The molecule has 0 aliphatic heterocycles. The monoisotopic (exact) mass is 290 g/mol. The first-order valence-electron chi connectivity index (χ1n) is 9.03. The van der Waals surface area contributed by atoms with Crippen LogP contribution >= 0.6 is 0 Å². The summed E-state index contributed by atoms with van der Waals surface area (Å²) in [4.78, 5) is 0. The lowest BCUT2D eigenvalue weighted by atomic mass is 9.45. The summed E-state index contributed by atoms with van der Waals surface area (Å²) in [5.74, 6) is 3.69. The van der Waals surface area contributed by atoms with Crippen LogP contribution in [0.3, 0.4) is 0 Å². The highest BCUT2D eigenvalue weighted by molar-refractivity contribution is 5.20. The number of allylic oxidation sites excluding steroid dienone is 2. The number of aliphatic hydroxyl groups is 2. The van der Waals surface area contributed by atoms with E-state index in [0.29, 0.717) is 17.1 Å². The molecule has 21 heavy (non-hydrogen) atoms. The molecule has 0 saturated heterocycles. The van der Waals surface area contributed by atoms with Crippen molar-refractivity contribution in [3.8, 4) is 0 Å². The number of fused-ring (bicyclic) bond motifs is 5. The van der Waals surface area contributed by atoms with Crippen LogP contribution in [0.2, 0.25) is 0 Å². The Morgan fingerprint density at radius 3 is 2.67 bits per heavy atom. The van der Waals surface area contributed by atoms with Crippen molar-refractivity contribution in [3.63, 3.8) is 0 Å². The molecule has 0 aromatic carbocycles. The van der Waals surface area contributed by atoms with Crippen molar-refractivity contribution in [2.45, 2.75) is 71.3 Å². The Hall–Kier alpha value is -0.500. The van der Waals surface area contributed by atoms with E-state index >= 15 is 0 Å². The van der Waals surface area contributed by atoms with Crippen molar-refractivity contribution in [3.05, 3.63) is 11.8 Å². The zero-order valence-electron chi connectivity index (χ0n) is 13.5.